The SMILES string of the molecule is O=C(O)c1ccc2oc(-c3ccc(C(F)(F)F)nc3)cc2c1. The van der Waals surface area contributed by atoms with Gasteiger partial charge in [-0.3, -0.25) is 4.98 Å². The number of hydrogen-bond acceptors (Lipinski definition) is 3. The summed E-state index contributed by atoms with van der Waals surface area (Å²) < 4.78 is 42.9. The Morgan fingerprint density at radius 3 is 2.50 bits per heavy atom. The number of furan rings is 1. The Morgan fingerprint density at radius 2 is 1.91 bits per heavy atom. The number of halogens is 3. The Balaban J connectivity index is 2.01. The Bertz CT molecular complexity index is 851. The van der Waals surface area contributed by atoms with Crippen LogP contribution in [-0.2, 0) is 6.18 Å². The van der Waals surface area contributed by atoms with E-state index >= 15 is 0 Å². The number of aromatic nitrogens is 1. The third-order valence-electron chi connectivity index (χ3n) is 3.10. The molecule has 112 valence electrons. The maximum absolute atomic E-state index is 12.5. The first-order valence-electron chi connectivity index (χ1n) is 6.15. The lowest BCUT2D eigenvalue weighted by atomic mass is 10.1. The molecule has 0 atom stereocenters. The average Bonchev–Trinajstić information content (AvgIpc) is 2.89. The minimum Gasteiger partial charge on any atom is -0.478 e. The normalized spacial score (nSPS) is 11.8. The van der Waals surface area contributed by atoms with Gasteiger partial charge in [0.1, 0.15) is 17.0 Å². The van der Waals surface area contributed by atoms with E-state index in [9.17, 15) is 18.0 Å². The quantitative estimate of drug-likeness (QED) is 0.770. The number of benzene rings is 1. The minimum atomic E-state index is -4.50. The van der Waals surface area contributed by atoms with Gasteiger partial charge in [-0.25, -0.2) is 4.79 Å². The third-order valence-corrected chi connectivity index (χ3v) is 3.10. The number of nitrogens with zero attached hydrogens (tertiary/aromatic N) is 1. The molecule has 0 fully saturated rings. The predicted molar refractivity (Wildman–Crippen MR) is 71.4 cm³/mol. The zero-order valence-electron chi connectivity index (χ0n) is 10.9. The topological polar surface area (TPSA) is 63.3 Å². The van der Waals surface area contributed by atoms with E-state index in [2.05, 4.69) is 4.98 Å². The molecule has 0 saturated heterocycles. The number of carbonyl (C=O) groups is 1. The molecule has 1 N–H and O–H groups in total. The molecule has 3 aromatic rings. The van der Waals surface area contributed by atoms with Crippen molar-refractivity contribution in [3.63, 3.8) is 0 Å². The maximum atomic E-state index is 12.5. The van der Waals surface area contributed by atoms with Gasteiger partial charge in [-0.05, 0) is 36.4 Å². The van der Waals surface area contributed by atoms with Crippen LogP contribution in [0, 0.1) is 0 Å². The monoisotopic (exact) mass is 307 g/mol. The molecule has 0 spiro atoms. The van der Waals surface area contributed by atoms with E-state index in [0.717, 1.165) is 12.3 Å². The van der Waals surface area contributed by atoms with Gasteiger partial charge in [0.2, 0.25) is 0 Å². The van der Waals surface area contributed by atoms with Crippen molar-refractivity contribution in [1.82, 2.24) is 4.98 Å². The molecule has 0 amide bonds. The van der Waals surface area contributed by atoms with Gasteiger partial charge in [-0.1, -0.05) is 0 Å². The fourth-order valence-electron chi connectivity index (χ4n) is 2.03. The lowest BCUT2D eigenvalue weighted by molar-refractivity contribution is -0.141. The van der Waals surface area contributed by atoms with Gasteiger partial charge in [0.15, 0.2) is 0 Å². The van der Waals surface area contributed by atoms with E-state index in [1.54, 1.807) is 6.07 Å². The molecular formula is C15H8F3NO3. The molecule has 2 heterocycles. The van der Waals surface area contributed by atoms with Crippen LogP contribution in [-0.4, -0.2) is 16.1 Å². The summed E-state index contributed by atoms with van der Waals surface area (Å²) in [4.78, 5) is 14.3. The zero-order chi connectivity index (χ0) is 15.9. The fraction of sp³-hybridized carbons (Fsp3) is 0.0667. The number of rotatable bonds is 2. The maximum Gasteiger partial charge on any atom is 0.433 e. The number of fused-ring (bicyclic) bond motifs is 1. The first-order chi connectivity index (χ1) is 10.3. The smallest absolute Gasteiger partial charge is 0.433 e. The van der Waals surface area contributed by atoms with Crippen LogP contribution in [0.2, 0.25) is 0 Å². The van der Waals surface area contributed by atoms with E-state index < -0.39 is 17.8 Å². The first kappa shape index (κ1) is 14.1. The summed E-state index contributed by atoms with van der Waals surface area (Å²) in [6, 6.07) is 8.01. The number of alkyl halides is 3. The van der Waals surface area contributed by atoms with Gasteiger partial charge < -0.3 is 9.52 Å². The van der Waals surface area contributed by atoms with Gasteiger partial charge in [0, 0.05) is 17.1 Å². The lowest BCUT2D eigenvalue weighted by Gasteiger charge is -2.05. The van der Waals surface area contributed by atoms with Crippen LogP contribution in [0.15, 0.2) is 47.0 Å². The predicted octanol–water partition coefficient (Wildman–Crippen LogP) is 4.21. The molecule has 2 aromatic heterocycles. The molecule has 1 aromatic carbocycles. The van der Waals surface area contributed by atoms with Gasteiger partial charge in [-0.15, -0.1) is 0 Å². The Hall–Kier alpha value is -2.83. The van der Waals surface area contributed by atoms with E-state index in [0.29, 0.717) is 22.3 Å². The summed E-state index contributed by atoms with van der Waals surface area (Å²) in [5, 5.41) is 9.48. The molecule has 0 aliphatic heterocycles. The van der Waals surface area contributed by atoms with Crippen LogP contribution < -0.4 is 0 Å². The summed E-state index contributed by atoms with van der Waals surface area (Å²) in [5.41, 5.74) is -0.0631. The number of carboxylic acids is 1. The molecule has 4 nitrogen and oxygen atoms in total. The van der Waals surface area contributed by atoms with Gasteiger partial charge in [0.05, 0.1) is 5.56 Å². The van der Waals surface area contributed by atoms with Crippen LogP contribution in [0.4, 0.5) is 13.2 Å². The standard InChI is InChI=1S/C15H8F3NO3/c16-15(17,18)13-4-2-9(7-19-13)12-6-10-5-8(14(20)21)1-3-11(10)22-12/h1-7H,(H,20,21). The van der Waals surface area contributed by atoms with Crippen molar-refractivity contribution in [2.24, 2.45) is 0 Å². The number of aromatic carboxylic acids is 1. The fourth-order valence-corrected chi connectivity index (χ4v) is 2.03. The Morgan fingerprint density at radius 1 is 1.14 bits per heavy atom. The second-order valence-corrected chi connectivity index (χ2v) is 4.60. The zero-order valence-corrected chi connectivity index (χ0v) is 10.9. The van der Waals surface area contributed by atoms with Crippen molar-refractivity contribution in [2.75, 3.05) is 0 Å². The molecule has 0 aliphatic rings. The van der Waals surface area contributed by atoms with Crippen molar-refractivity contribution in [3.05, 3.63) is 53.9 Å². The van der Waals surface area contributed by atoms with Crippen LogP contribution >= 0.6 is 0 Å². The average molecular weight is 307 g/mol. The highest BCUT2D eigenvalue weighted by molar-refractivity contribution is 5.94. The highest BCUT2D eigenvalue weighted by Gasteiger charge is 2.32. The number of pyridine rings is 1. The molecular weight excluding hydrogens is 299 g/mol. The number of hydrogen-bond donors (Lipinski definition) is 1. The Kier molecular flexibility index (Phi) is 3.13. The Labute approximate surface area is 121 Å². The van der Waals surface area contributed by atoms with Crippen molar-refractivity contribution >= 4 is 16.9 Å². The molecule has 0 aliphatic carbocycles. The minimum absolute atomic E-state index is 0.102. The molecule has 22 heavy (non-hydrogen) atoms. The van der Waals surface area contributed by atoms with Crippen molar-refractivity contribution in [1.29, 1.82) is 0 Å². The second-order valence-electron chi connectivity index (χ2n) is 4.60. The molecule has 3 rings (SSSR count). The molecule has 0 bridgehead atoms. The van der Waals surface area contributed by atoms with Crippen LogP contribution in [0.5, 0.6) is 0 Å². The first-order valence-corrected chi connectivity index (χ1v) is 6.15. The van der Waals surface area contributed by atoms with Crippen molar-refractivity contribution < 1.29 is 27.5 Å². The molecule has 7 heteroatoms. The summed E-state index contributed by atoms with van der Waals surface area (Å²) in [7, 11) is 0. The number of carboxylic acid groups (broad SMARTS) is 1. The van der Waals surface area contributed by atoms with Gasteiger partial charge >= 0.3 is 12.1 Å². The largest absolute Gasteiger partial charge is 0.478 e. The highest BCUT2D eigenvalue weighted by atomic mass is 19.4. The van der Waals surface area contributed by atoms with Crippen molar-refractivity contribution in [2.45, 2.75) is 6.18 Å². The van der Waals surface area contributed by atoms with Crippen LogP contribution in [0.25, 0.3) is 22.3 Å². The van der Waals surface area contributed by atoms with E-state index in [1.165, 1.54) is 24.3 Å². The summed E-state index contributed by atoms with van der Waals surface area (Å²) in [6.45, 7) is 0. The summed E-state index contributed by atoms with van der Waals surface area (Å²) in [6.07, 6.45) is -3.43. The third kappa shape index (κ3) is 2.52. The van der Waals surface area contributed by atoms with Crippen molar-refractivity contribution in [3.8, 4) is 11.3 Å². The summed E-state index contributed by atoms with van der Waals surface area (Å²) in [5.74, 6) is -0.750. The van der Waals surface area contributed by atoms with E-state index in [1.807, 2.05) is 0 Å². The molecule has 0 unspecified atom stereocenters. The summed E-state index contributed by atoms with van der Waals surface area (Å²) >= 11 is 0. The van der Waals surface area contributed by atoms with E-state index in [-0.39, 0.29) is 5.56 Å². The lowest BCUT2D eigenvalue weighted by Crippen LogP contribution is -2.07. The van der Waals surface area contributed by atoms with Crippen LogP contribution in [0.1, 0.15) is 16.1 Å². The van der Waals surface area contributed by atoms with Gasteiger partial charge in [-0.2, -0.15) is 13.2 Å². The van der Waals surface area contributed by atoms with E-state index in [4.69, 9.17) is 9.52 Å². The molecule has 0 saturated carbocycles. The van der Waals surface area contributed by atoms with Gasteiger partial charge in [0.25, 0.3) is 0 Å². The van der Waals surface area contributed by atoms with Crippen LogP contribution in [0.3, 0.4) is 0 Å². The molecule has 0 radical (unpaired) electrons. The highest BCUT2D eigenvalue weighted by Crippen LogP contribution is 2.31. The second kappa shape index (κ2) is 4.87.